The molecule has 2 aromatic carbocycles. The minimum atomic E-state index is -2.04. The number of ether oxygens (including phenoxy) is 1. The number of aromatic amines is 1. The molecule has 2 N–H and O–H groups in total. The standard InChI is InChI=1S/C24H17Cl3N2O3/c25-24(26,27)22(30)21-12-15(13-29-21)6-5-11-28-23(31)32-14-20-18-9-3-1-7-16(18)17-8-2-4-10-19(17)20/h1-4,7-10,12-13,20,29H,11,14H2,(H,28,31). The third-order valence-corrected chi connectivity index (χ3v) is 5.60. The number of carbonyl (C=O) groups excluding carboxylic acids is 2. The molecular weight excluding hydrogens is 471 g/mol. The number of halogens is 3. The van der Waals surface area contributed by atoms with Gasteiger partial charge in [0.1, 0.15) is 6.61 Å². The summed E-state index contributed by atoms with van der Waals surface area (Å²) in [5.41, 5.74) is 5.29. The number of ketones is 1. The Bertz CT molecular complexity index is 1190. The Balaban J connectivity index is 1.31. The smallest absolute Gasteiger partial charge is 0.407 e. The number of carbonyl (C=O) groups is 2. The zero-order chi connectivity index (χ0) is 22.7. The predicted octanol–water partition coefficient (Wildman–Crippen LogP) is 5.46. The van der Waals surface area contributed by atoms with Crippen molar-refractivity contribution in [3.8, 4) is 23.0 Å². The van der Waals surface area contributed by atoms with Crippen LogP contribution in [0, 0.1) is 11.8 Å². The molecule has 5 nitrogen and oxygen atoms in total. The van der Waals surface area contributed by atoms with Crippen molar-refractivity contribution in [2.75, 3.05) is 13.2 Å². The van der Waals surface area contributed by atoms with Crippen molar-refractivity contribution in [3.05, 3.63) is 83.2 Å². The first-order chi connectivity index (χ1) is 15.3. The zero-order valence-electron chi connectivity index (χ0n) is 16.6. The second kappa shape index (κ2) is 9.30. The van der Waals surface area contributed by atoms with Crippen LogP contribution in [-0.2, 0) is 4.74 Å². The third-order valence-electron chi connectivity index (χ3n) is 5.08. The molecule has 32 heavy (non-hydrogen) atoms. The fraction of sp³-hybridized carbons (Fsp3) is 0.167. The van der Waals surface area contributed by atoms with Crippen molar-refractivity contribution in [1.29, 1.82) is 0 Å². The summed E-state index contributed by atoms with van der Waals surface area (Å²) in [6, 6.07) is 17.7. The molecule has 1 heterocycles. The molecule has 0 atom stereocenters. The number of Topliss-reactive ketones (excluding diaryl/α,β-unsaturated/α-hetero) is 1. The molecule has 0 spiro atoms. The first-order valence-electron chi connectivity index (χ1n) is 9.72. The number of nitrogens with one attached hydrogen (secondary N) is 2. The Morgan fingerprint density at radius 2 is 1.66 bits per heavy atom. The topological polar surface area (TPSA) is 71.2 Å². The SMILES string of the molecule is O=C(NCC#Cc1c[nH]c(C(=O)C(Cl)(Cl)Cl)c1)OCC1c2ccccc2-c2ccccc21. The van der Waals surface area contributed by atoms with Crippen molar-refractivity contribution in [2.45, 2.75) is 9.71 Å². The monoisotopic (exact) mass is 486 g/mol. The van der Waals surface area contributed by atoms with Crippen molar-refractivity contribution >= 4 is 46.7 Å². The van der Waals surface area contributed by atoms with Crippen molar-refractivity contribution in [2.24, 2.45) is 0 Å². The average Bonchev–Trinajstić information content (AvgIpc) is 3.37. The largest absolute Gasteiger partial charge is 0.449 e. The van der Waals surface area contributed by atoms with Gasteiger partial charge in [0.05, 0.1) is 12.2 Å². The summed E-state index contributed by atoms with van der Waals surface area (Å²) in [4.78, 5) is 26.7. The number of alkyl carbamates (subject to hydrolysis) is 1. The molecule has 4 rings (SSSR count). The molecule has 0 saturated carbocycles. The molecule has 162 valence electrons. The fourth-order valence-electron chi connectivity index (χ4n) is 3.66. The summed E-state index contributed by atoms with van der Waals surface area (Å²) in [7, 11) is 0. The van der Waals surface area contributed by atoms with Crippen LogP contribution in [0.25, 0.3) is 11.1 Å². The lowest BCUT2D eigenvalue weighted by atomic mass is 9.98. The normalized spacial score (nSPS) is 12.3. The van der Waals surface area contributed by atoms with Crippen LogP contribution in [0.4, 0.5) is 4.79 Å². The molecule has 0 aliphatic heterocycles. The second-order valence-corrected chi connectivity index (χ2v) is 9.39. The van der Waals surface area contributed by atoms with Gasteiger partial charge in [0.15, 0.2) is 0 Å². The van der Waals surface area contributed by atoms with Crippen LogP contribution < -0.4 is 5.32 Å². The Morgan fingerprint density at radius 1 is 1.03 bits per heavy atom. The Morgan fingerprint density at radius 3 is 2.28 bits per heavy atom. The highest BCUT2D eigenvalue weighted by molar-refractivity contribution is 6.77. The van der Waals surface area contributed by atoms with Crippen LogP contribution in [-0.4, -0.2) is 33.8 Å². The lowest BCUT2D eigenvalue weighted by molar-refractivity contribution is 0.0992. The van der Waals surface area contributed by atoms with Crippen LogP contribution in [0.2, 0.25) is 0 Å². The molecule has 8 heteroatoms. The number of hydrogen-bond donors (Lipinski definition) is 2. The molecule has 3 aromatic rings. The minimum Gasteiger partial charge on any atom is -0.449 e. The van der Waals surface area contributed by atoms with Gasteiger partial charge in [-0.05, 0) is 28.3 Å². The molecule has 1 aliphatic carbocycles. The van der Waals surface area contributed by atoms with E-state index in [4.69, 9.17) is 39.5 Å². The van der Waals surface area contributed by atoms with Gasteiger partial charge >= 0.3 is 6.09 Å². The molecule has 0 saturated heterocycles. The number of aromatic nitrogens is 1. The van der Waals surface area contributed by atoms with Gasteiger partial charge in [0.25, 0.3) is 3.79 Å². The van der Waals surface area contributed by atoms with Crippen LogP contribution in [0.3, 0.4) is 0 Å². The first-order valence-corrected chi connectivity index (χ1v) is 10.9. The van der Waals surface area contributed by atoms with Crippen LogP contribution >= 0.6 is 34.8 Å². The summed E-state index contributed by atoms with van der Waals surface area (Å²) >= 11 is 16.8. The van der Waals surface area contributed by atoms with Gasteiger partial charge in [-0.3, -0.25) is 4.79 Å². The number of fused-ring (bicyclic) bond motifs is 3. The van der Waals surface area contributed by atoms with E-state index in [9.17, 15) is 9.59 Å². The van der Waals surface area contributed by atoms with Gasteiger partial charge in [0.2, 0.25) is 5.78 Å². The Kier molecular flexibility index (Phi) is 6.48. The third kappa shape index (κ3) is 4.78. The van der Waals surface area contributed by atoms with E-state index in [1.54, 1.807) is 0 Å². The molecular formula is C24H17Cl3N2O3. The maximum absolute atomic E-state index is 12.1. The number of amides is 1. The van der Waals surface area contributed by atoms with Crippen LogP contribution in [0.1, 0.15) is 33.1 Å². The lowest BCUT2D eigenvalue weighted by Gasteiger charge is -2.14. The number of benzene rings is 2. The Hall–Kier alpha value is -2.91. The molecule has 1 amide bonds. The highest BCUT2D eigenvalue weighted by Gasteiger charge is 2.32. The molecule has 0 unspecified atom stereocenters. The summed E-state index contributed by atoms with van der Waals surface area (Å²) < 4.78 is 3.41. The van der Waals surface area contributed by atoms with Gasteiger partial charge in [-0.15, -0.1) is 0 Å². The van der Waals surface area contributed by atoms with E-state index in [1.165, 1.54) is 23.4 Å². The van der Waals surface area contributed by atoms with Gasteiger partial charge in [-0.25, -0.2) is 4.79 Å². The molecule has 0 radical (unpaired) electrons. The number of rotatable bonds is 4. The van der Waals surface area contributed by atoms with Crippen molar-refractivity contribution in [3.63, 3.8) is 0 Å². The molecule has 1 aromatic heterocycles. The zero-order valence-corrected chi connectivity index (χ0v) is 18.9. The van der Waals surface area contributed by atoms with Crippen molar-refractivity contribution in [1.82, 2.24) is 10.3 Å². The predicted molar refractivity (Wildman–Crippen MR) is 125 cm³/mol. The average molecular weight is 488 g/mol. The van der Waals surface area contributed by atoms with Gasteiger partial charge in [0, 0.05) is 17.7 Å². The van der Waals surface area contributed by atoms with Gasteiger partial charge in [-0.1, -0.05) is 95.2 Å². The van der Waals surface area contributed by atoms with E-state index in [1.807, 2.05) is 24.3 Å². The summed E-state index contributed by atoms with van der Waals surface area (Å²) in [6.45, 7) is 0.309. The summed E-state index contributed by atoms with van der Waals surface area (Å²) in [6.07, 6.45) is 0.964. The number of hydrogen-bond acceptors (Lipinski definition) is 3. The maximum Gasteiger partial charge on any atom is 0.407 e. The summed E-state index contributed by atoms with van der Waals surface area (Å²) in [5, 5.41) is 2.60. The quantitative estimate of drug-likeness (QED) is 0.292. The van der Waals surface area contributed by atoms with E-state index < -0.39 is 15.7 Å². The lowest BCUT2D eigenvalue weighted by Crippen LogP contribution is -2.26. The Labute approximate surface area is 200 Å². The van der Waals surface area contributed by atoms with Crippen LogP contribution in [0.15, 0.2) is 60.8 Å². The molecule has 1 aliphatic rings. The van der Waals surface area contributed by atoms with E-state index in [0.717, 1.165) is 11.1 Å². The molecule has 0 fully saturated rings. The first kappa shape index (κ1) is 22.3. The van der Waals surface area contributed by atoms with E-state index >= 15 is 0 Å². The van der Waals surface area contributed by atoms with Gasteiger partial charge < -0.3 is 15.0 Å². The minimum absolute atomic E-state index is 0.00651. The van der Waals surface area contributed by atoms with Gasteiger partial charge in [-0.2, -0.15) is 0 Å². The van der Waals surface area contributed by atoms with E-state index in [2.05, 4.69) is 46.4 Å². The number of alkyl halides is 3. The summed E-state index contributed by atoms with van der Waals surface area (Å²) in [5.74, 6) is 4.93. The molecule has 0 bridgehead atoms. The van der Waals surface area contributed by atoms with E-state index in [0.29, 0.717) is 5.56 Å². The fourth-order valence-corrected chi connectivity index (χ4v) is 3.97. The second-order valence-electron chi connectivity index (χ2n) is 7.11. The van der Waals surface area contributed by atoms with Crippen molar-refractivity contribution < 1.29 is 14.3 Å². The highest BCUT2D eigenvalue weighted by atomic mass is 35.6. The van der Waals surface area contributed by atoms with Crippen LogP contribution in [0.5, 0.6) is 0 Å². The van der Waals surface area contributed by atoms with E-state index in [-0.39, 0.29) is 24.8 Å². The number of H-pyrrole nitrogens is 1. The highest BCUT2D eigenvalue weighted by Crippen LogP contribution is 2.44. The maximum atomic E-state index is 12.1.